The molecule has 0 atom stereocenters. The minimum atomic E-state index is -10.7. The SMILES string of the molecule is CC(C)(C)c1cccc([I+]c2ccccc2)c1C(C)(C)C.F[P-](F)(F)(F)(F)F. The Labute approximate surface area is 173 Å². The zero-order valence-corrected chi connectivity index (χ0v) is 19.8. The molecule has 0 bridgehead atoms. The Kier molecular flexibility index (Phi) is 6.72. The summed E-state index contributed by atoms with van der Waals surface area (Å²) in [4.78, 5) is 0. The Morgan fingerprint density at radius 3 is 1.50 bits per heavy atom. The molecule has 0 fully saturated rings. The second kappa shape index (κ2) is 7.46. The van der Waals surface area contributed by atoms with Gasteiger partial charge in [-0.25, -0.2) is 0 Å². The van der Waals surface area contributed by atoms with Crippen molar-refractivity contribution in [3.8, 4) is 0 Å². The van der Waals surface area contributed by atoms with Gasteiger partial charge in [0.05, 0.1) is 0 Å². The second-order valence-corrected chi connectivity index (χ2v) is 13.4. The summed E-state index contributed by atoms with van der Waals surface area (Å²) in [5.41, 5.74) is 3.45. The fourth-order valence-corrected chi connectivity index (χ4v) is 5.79. The summed E-state index contributed by atoms with van der Waals surface area (Å²) in [6.45, 7) is 14.0. The Hall–Kier alpha value is -0.820. The molecule has 0 N–H and O–H groups in total. The van der Waals surface area contributed by atoms with Crippen LogP contribution in [0, 0.1) is 7.14 Å². The van der Waals surface area contributed by atoms with Gasteiger partial charge < -0.3 is 0 Å². The molecule has 0 radical (unpaired) electrons. The van der Waals surface area contributed by atoms with Crippen molar-refractivity contribution in [2.75, 3.05) is 0 Å². The molecule has 0 aromatic heterocycles. The topological polar surface area (TPSA) is 0 Å². The van der Waals surface area contributed by atoms with Crippen LogP contribution in [0.25, 0.3) is 0 Å². The molecule has 2 aromatic carbocycles. The molecule has 28 heavy (non-hydrogen) atoms. The third-order valence-electron chi connectivity index (χ3n) is 3.52. The van der Waals surface area contributed by atoms with Crippen molar-refractivity contribution in [2.45, 2.75) is 52.4 Å². The predicted molar refractivity (Wildman–Crippen MR) is 101 cm³/mol. The number of benzene rings is 2. The summed E-state index contributed by atoms with van der Waals surface area (Å²) >= 11 is -0.124. The van der Waals surface area contributed by atoms with E-state index in [0.29, 0.717) is 0 Å². The summed E-state index contributed by atoms with van der Waals surface area (Å²) in [6, 6.07) is 17.8. The molecule has 0 amide bonds. The molecule has 2 aromatic rings. The van der Waals surface area contributed by atoms with Crippen molar-refractivity contribution < 1.29 is 46.4 Å². The van der Waals surface area contributed by atoms with Gasteiger partial charge in [-0.1, -0.05) is 71.9 Å². The van der Waals surface area contributed by atoms with E-state index in [0.717, 1.165) is 0 Å². The predicted octanol–water partition coefficient (Wildman–Crippen LogP) is 5.79. The van der Waals surface area contributed by atoms with Gasteiger partial charge in [0, 0.05) is 5.56 Å². The zero-order chi connectivity index (χ0) is 22.1. The number of rotatable bonds is 2. The molecule has 0 nitrogen and oxygen atoms in total. The van der Waals surface area contributed by atoms with E-state index in [-0.39, 0.29) is 32.0 Å². The van der Waals surface area contributed by atoms with Gasteiger partial charge in [-0.2, -0.15) is 0 Å². The molecule has 2 rings (SSSR count). The van der Waals surface area contributed by atoms with Crippen LogP contribution in [0.5, 0.6) is 0 Å². The van der Waals surface area contributed by atoms with Gasteiger partial charge in [0.25, 0.3) is 0 Å². The molecule has 0 heterocycles. The van der Waals surface area contributed by atoms with Crippen LogP contribution >= 0.6 is 7.81 Å². The maximum absolute atomic E-state index is 10.7. The van der Waals surface area contributed by atoms with Crippen LogP contribution in [0.1, 0.15) is 52.7 Å². The van der Waals surface area contributed by atoms with Gasteiger partial charge in [-0.05, 0) is 34.6 Å². The van der Waals surface area contributed by atoms with Crippen LogP contribution < -0.4 is 21.2 Å². The Bertz CT molecular complexity index is 789. The molecule has 0 aliphatic carbocycles. The van der Waals surface area contributed by atoms with Crippen LogP contribution in [-0.2, 0) is 10.8 Å². The molecule has 160 valence electrons. The molecule has 0 aliphatic rings. The van der Waals surface area contributed by atoms with Crippen molar-refractivity contribution in [1.82, 2.24) is 0 Å². The third-order valence-corrected chi connectivity index (χ3v) is 6.34. The standard InChI is InChI=1S/C20H26I.F6P/c1-19(2,3)16-13-10-14-17(18(16)20(4,5)6)21-15-11-8-7-9-12-15;1-7(2,3,4,5)6/h7-14H,1-6H3;/q+1;-1. The average Bonchev–Trinajstić information content (AvgIpc) is 2.42. The van der Waals surface area contributed by atoms with E-state index < -0.39 is 7.81 Å². The van der Waals surface area contributed by atoms with E-state index in [1.54, 1.807) is 9.13 Å². The maximum atomic E-state index is 9.87. The van der Waals surface area contributed by atoms with Crippen molar-refractivity contribution in [3.63, 3.8) is 0 Å². The van der Waals surface area contributed by atoms with Gasteiger partial charge in [-0.3, -0.25) is 0 Å². The molecular weight excluding hydrogens is 512 g/mol. The van der Waals surface area contributed by atoms with Gasteiger partial charge in [0.2, 0.25) is 0 Å². The van der Waals surface area contributed by atoms with E-state index in [2.05, 4.69) is 90.1 Å². The van der Waals surface area contributed by atoms with E-state index in [4.69, 9.17) is 0 Å². The first kappa shape index (κ1) is 25.2. The van der Waals surface area contributed by atoms with Gasteiger partial charge in [0.15, 0.2) is 7.14 Å². The van der Waals surface area contributed by atoms with Gasteiger partial charge >= 0.3 is 54.2 Å². The molecule has 0 saturated heterocycles. The first-order valence-corrected chi connectivity index (χ1v) is 12.7. The molecule has 0 saturated carbocycles. The Morgan fingerprint density at radius 1 is 0.643 bits per heavy atom. The summed E-state index contributed by atoms with van der Waals surface area (Å²) in [6.07, 6.45) is 0. The summed E-state index contributed by atoms with van der Waals surface area (Å²) in [5, 5.41) is 0. The Morgan fingerprint density at radius 2 is 1.11 bits per heavy atom. The molecule has 0 spiro atoms. The summed E-state index contributed by atoms with van der Waals surface area (Å²) < 4.78 is 62.3. The van der Waals surface area contributed by atoms with Crippen LogP contribution in [-0.4, -0.2) is 0 Å². The summed E-state index contributed by atoms with van der Waals surface area (Å²) in [7, 11) is -10.7. The second-order valence-electron chi connectivity index (χ2n) is 8.51. The van der Waals surface area contributed by atoms with Gasteiger partial charge in [-0.15, -0.1) is 0 Å². The van der Waals surface area contributed by atoms with Crippen molar-refractivity contribution in [1.29, 1.82) is 0 Å². The van der Waals surface area contributed by atoms with Crippen LogP contribution in [0.3, 0.4) is 0 Å². The number of hydrogen-bond acceptors (Lipinski definition) is 0. The number of hydrogen-bond donors (Lipinski definition) is 0. The Balaban J connectivity index is 0.000000480. The summed E-state index contributed by atoms with van der Waals surface area (Å²) in [5.74, 6) is 0. The van der Waals surface area contributed by atoms with Crippen LogP contribution in [0.15, 0.2) is 48.5 Å². The molecule has 8 heteroatoms. The monoisotopic (exact) mass is 538 g/mol. The quantitative estimate of drug-likeness (QED) is 0.258. The van der Waals surface area contributed by atoms with Gasteiger partial charge in [0.1, 0.15) is 0 Å². The van der Waals surface area contributed by atoms with Crippen molar-refractivity contribution in [3.05, 3.63) is 66.8 Å². The van der Waals surface area contributed by atoms with E-state index >= 15 is 0 Å². The van der Waals surface area contributed by atoms with Crippen LogP contribution in [0.2, 0.25) is 0 Å². The van der Waals surface area contributed by atoms with Crippen LogP contribution in [0.4, 0.5) is 25.2 Å². The molecular formula is C20H26F6IP. The van der Waals surface area contributed by atoms with E-state index in [9.17, 15) is 25.2 Å². The molecule has 0 unspecified atom stereocenters. The first-order chi connectivity index (χ1) is 12.1. The van der Waals surface area contributed by atoms with Crippen molar-refractivity contribution >= 4 is 7.81 Å². The first-order valence-electron chi connectivity index (χ1n) is 8.55. The normalized spacial score (nSPS) is 15.1. The number of halogens is 7. The third kappa shape index (κ3) is 10.6. The fourth-order valence-electron chi connectivity index (χ4n) is 2.59. The van der Waals surface area contributed by atoms with E-state index in [1.807, 2.05) is 0 Å². The molecule has 0 aliphatic heterocycles. The van der Waals surface area contributed by atoms with Crippen molar-refractivity contribution in [2.24, 2.45) is 0 Å². The zero-order valence-electron chi connectivity index (χ0n) is 16.7. The fraction of sp³-hybridized carbons (Fsp3) is 0.400. The minimum absolute atomic E-state index is 0.124. The van der Waals surface area contributed by atoms with E-state index in [1.165, 1.54) is 9.13 Å². The average molecular weight is 538 g/mol.